The summed E-state index contributed by atoms with van der Waals surface area (Å²) in [4.78, 5) is 13.1. The van der Waals surface area contributed by atoms with E-state index in [2.05, 4.69) is 5.32 Å². The third kappa shape index (κ3) is 3.95. The lowest BCUT2D eigenvalue weighted by Crippen LogP contribution is -2.27. The summed E-state index contributed by atoms with van der Waals surface area (Å²) in [5.41, 5.74) is 0.556. The molecule has 0 aliphatic rings. The summed E-state index contributed by atoms with van der Waals surface area (Å²) in [7, 11) is 0. The van der Waals surface area contributed by atoms with Gasteiger partial charge >= 0.3 is 0 Å². The van der Waals surface area contributed by atoms with E-state index in [1.807, 2.05) is 0 Å². The van der Waals surface area contributed by atoms with Gasteiger partial charge in [0.2, 0.25) is 0 Å². The minimum Gasteiger partial charge on any atom is -0.387 e. The Morgan fingerprint density at radius 3 is 2.50 bits per heavy atom. The quantitative estimate of drug-likeness (QED) is 0.697. The first-order valence-electron chi connectivity index (χ1n) is 7.71. The fourth-order valence-corrected chi connectivity index (χ4v) is 3.33. The van der Waals surface area contributed by atoms with Crippen molar-refractivity contribution in [2.45, 2.75) is 6.10 Å². The third-order valence-electron chi connectivity index (χ3n) is 3.75. The molecule has 0 spiro atoms. The maximum absolute atomic E-state index is 13.8. The topological polar surface area (TPSA) is 49.3 Å². The molecule has 134 valence electrons. The van der Waals surface area contributed by atoms with Crippen LogP contribution in [0.2, 0.25) is 0 Å². The molecule has 0 bridgehead atoms. The summed E-state index contributed by atoms with van der Waals surface area (Å²) in [6, 6.07) is 12.5. The Hall–Kier alpha value is -2.64. The average Bonchev–Trinajstić information content (AvgIpc) is 3.12. The molecule has 3 rings (SSSR count). The average molecular weight is 377 g/mol. The van der Waals surface area contributed by atoms with Crippen LogP contribution in [-0.2, 0) is 0 Å². The number of carbonyl (C=O) groups excluding carboxylic acids is 1. The van der Waals surface area contributed by atoms with Crippen LogP contribution in [0.1, 0.15) is 21.3 Å². The number of benzene rings is 2. The van der Waals surface area contributed by atoms with E-state index in [0.717, 1.165) is 23.5 Å². The van der Waals surface area contributed by atoms with Gasteiger partial charge < -0.3 is 10.4 Å². The number of amides is 1. The number of hydrogen-bond acceptors (Lipinski definition) is 3. The molecule has 0 saturated heterocycles. The summed E-state index contributed by atoms with van der Waals surface area (Å²) in [6.07, 6.45) is -1.18. The summed E-state index contributed by atoms with van der Waals surface area (Å²) in [6.45, 7) is -0.170. The van der Waals surface area contributed by atoms with Crippen molar-refractivity contribution in [3.63, 3.8) is 0 Å². The number of rotatable bonds is 5. The Labute approximate surface area is 151 Å². The molecule has 0 aliphatic heterocycles. The molecule has 0 unspecified atom stereocenters. The second-order valence-electron chi connectivity index (χ2n) is 5.54. The zero-order valence-corrected chi connectivity index (χ0v) is 14.2. The first-order chi connectivity index (χ1) is 12.5. The standard InChI is InChI=1S/C19H14F3NO2S/c20-13-4-2-1-3-12(13)17-7-8-18(26-17)19(25)23-10-16(24)11-5-6-14(21)15(22)9-11/h1-9,16,24H,10H2,(H,23,25)/t16-/m0/s1. The molecule has 1 atom stereocenters. The molecule has 0 aliphatic carbocycles. The van der Waals surface area contributed by atoms with Gasteiger partial charge in [0, 0.05) is 17.0 Å². The Morgan fingerprint density at radius 2 is 1.77 bits per heavy atom. The first kappa shape index (κ1) is 18.2. The maximum Gasteiger partial charge on any atom is 0.261 e. The molecular weight excluding hydrogens is 363 g/mol. The van der Waals surface area contributed by atoms with E-state index < -0.39 is 23.6 Å². The summed E-state index contributed by atoms with van der Waals surface area (Å²) in [5.74, 6) is -2.90. The number of nitrogens with one attached hydrogen (secondary N) is 1. The molecule has 1 aromatic heterocycles. The fraction of sp³-hybridized carbons (Fsp3) is 0.105. The number of thiophene rings is 1. The van der Waals surface area contributed by atoms with E-state index in [1.165, 1.54) is 12.1 Å². The van der Waals surface area contributed by atoms with Crippen molar-refractivity contribution in [3.8, 4) is 10.4 Å². The molecule has 2 N–H and O–H groups in total. The van der Waals surface area contributed by atoms with Crippen molar-refractivity contribution in [1.29, 1.82) is 0 Å². The minimum absolute atomic E-state index is 0.155. The molecule has 26 heavy (non-hydrogen) atoms. The fourth-order valence-electron chi connectivity index (χ4n) is 2.38. The van der Waals surface area contributed by atoms with E-state index in [-0.39, 0.29) is 17.9 Å². The predicted octanol–water partition coefficient (Wildman–Crippen LogP) is 4.30. The third-order valence-corrected chi connectivity index (χ3v) is 4.87. The van der Waals surface area contributed by atoms with Gasteiger partial charge in [0.15, 0.2) is 11.6 Å². The molecule has 1 heterocycles. The lowest BCUT2D eigenvalue weighted by molar-refractivity contribution is 0.0920. The van der Waals surface area contributed by atoms with Gasteiger partial charge in [-0.1, -0.05) is 24.3 Å². The molecule has 0 radical (unpaired) electrons. The zero-order chi connectivity index (χ0) is 18.7. The highest BCUT2D eigenvalue weighted by atomic mass is 32.1. The van der Waals surface area contributed by atoms with Gasteiger partial charge in [-0.25, -0.2) is 13.2 Å². The molecule has 7 heteroatoms. The second-order valence-corrected chi connectivity index (χ2v) is 6.63. The minimum atomic E-state index is -1.18. The Balaban J connectivity index is 1.65. The van der Waals surface area contributed by atoms with Crippen molar-refractivity contribution in [3.05, 3.63) is 82.5 Å². The Morgan fingerprint density at radius 1 is 1.00 bits per heavy atom. The molecule has 0 saturated carbocycles. The Bertz CT molecular complexity index is 942. The van der Waals surface area contributed by atoms with Crippen LogP contribution < -0.4 is 5.32 Å². The number of aliphatic hydroxyl groups is 1. The van der Waals surface area contributed by atoms with Gasteiger partial charge in [-0.2, -0.15) is 0 Å². The normalized spacial score (nSPS) is 12.0. The molecule has 3 nitrogen and oxygen atoms in total. The SMILES string of the molecule is O=C(NC[C@H](O)c1ccc(F)c(F)c1)c1ccc(-c2ccccc2F)s1. The van der Waals surface area contributed by atoms with E-state index in [1.54, 1.807) is 30.3 Å². The van der Waals surface area contributed by atoms with Gasteiger partial charge in [0.1, 0.15) is 5.82 Å². The predicted molar refractivity (Wildman–Crippen MR) is 93.4 cm³/mol. The number of hydrogen-bond donors (Lipinski definition) is 2. The lowest BCUT2D eigenvalue weighted by Gasteiger charge is -2.12. The van der Waals surface area contributed by atoms with Gasteiger partial charge in [0.25, 0.3) is 5.91 Å². The molecule has 1 amide bonds. The highest BCUT2D eigenvalue weighted by molar-refractivity contribution is 7.17. The van der Waals surface area contributed by atoms with Crippen molar-refractivity contribution < 1.29 is 23.1 Å². The van der Waals surface area contributed by atoms with Crippen molar-refractivity contribution >= 4 is 17.2 Å². The molecule has 0 fully saturated rings. The van der Waals surface area contributed by atoms with Crippen molar-refractivity contribution in [1.82, 2.24) is 5.32 Å². The zero-order valence-electron chi connectivity index (χ0n) is 13.4. The molecular formula is C19H14F3NO2S. The van der Waals surface area contributed by atoms with Crippen molar-refractivity contribution in [2.24, 2.45) is 0 Å². The van der Waals surface area contributed by atoms with Crippen LogP contribution in [0.5, 0.6) is 0 Å². The number of carbonyl (C=O) groups is 1. The van der Waals surface area contributed by atoms with Crippen LogP contribution in [0.25, 0.3) is 10.4 Å². The van der Waals surface area contributed by atoms with Crippen LogP contribution in [0.15, 0.2) is 54.6 Å². The second kappa shape index (κ2) is 7.72. The van der Waals surface area contributed by atoms with E-state index in [0.29, 0.717) is 15.3 Å². The van der Waals surface area contributed by atoms with Crippen LogP contribution in [0.4, 0.5) is 13.2 Å². The molecule has 3 aromatic rings. The van der Waals surface area contributed by atoms with Gasteiger partial charge in [-0.15, -0.1) is 11.3 Å². The van der Waals surface area contributed by atoms with Gasteiger partial charge in [-0.3, -0.25) is 4.79 Å². The summed E-state index contributed by atoms with van der Waals surface area (Å²) < 4.78 is 39.9. The lowest BCUT2D eigenvalue weighted by atomic mass is 10.1. The Kier molecular flexibility index (Phi) is 5.39. The van der Waals surface area contributed by atoms with Crippen LogP contribution in [0, 0.1) is 17.5 Å². The maximum atomic E-state index is 13.8. The number of aliphatic hydroxyl groups excluding tert-OH is 1. The summed E-state index contributed by atoms with van der Waals surface area (Å²) in [5, 5.41) is 12.5. The highest BCUT2D eigenvalue weighted by Crippen LogP contribution is 2.30. The first-order valence-corrected chi connectivity index (χ1v) is 8.53. The smallest absolute Gasteiger partial charge is 0.261 e. The van der Waals surface area contributed by atoms with E-state index in [4.69, 9.17) is 0 Å². The van der Waals surface area contributed by atoms with E-state index >= 15 is 0 Å². The van der Waals surface area contributed by atoms with E-state index in [9.17, 15) is 23.1 Å². The van der Waals surface area contributed by atoms with Crippen molar-refractivity contribution in [2.75, 3.05) is 6.54 Å². The monoisotopic (exact) mass is 377 g/mol. The largest absolute Gasteiger partial charge is 0.387 e. The van der Waals surface area contributed by atoms with Crippen LogP contribution >= 0.6 is 11.3 Å². The van der Waals surface area contributed by atoms with Crippen LogP contribution in [0.3, 0.4) is 0 Å². The van der Waals surface area contributed by atoms with Crippen LogP contribution in [-0.4, -0.2) is 17.6 Å². The number of halogens is 3. The molecule has 2 aromatic carbocycles. The highest BCUT2D eigenvalue weighted by Gasteiger charge is 2.15. The summed E-state index contributed by atoms with van der Waals surface area (Å²) >= 11 is 1.12. The van der Waals surface area contributed by atoms with Gasteiger partial charge in [-0.05, 0) is 35.9 Å². The van der Waals surface area contributed by atoms with Gasteiger partial charge in [0.05, 0.1) is 11.0 Å².